The highest BCUT2D eigenvalue weighted by Gasteiger charge is 2.22. The summed E-state index contributed by atoms with van der Waals surface area (Å²) in [6, 6.07) is 5.57. The van der Waals surface area contributed by atoms with Crippen molar-refractivity contribution in [3.63, 3.8) is 0 Å². The molecule has 2 aromatic rings. The molecule has 124 valence electrons. The van der Waals surface area contributed by atoms with Crippen molar-refractivity contribution in [2.45, 2.75) is 11.8 Å². The summed E-state index contributed by atoms with van der Waals surface area (Å²) in [6.07, 6.45) is 2.14. The molecule has 9 heteroatoms. The van der Waals surface area contributed by atoms with E-state index < -0.39 is 21.6 Å². The fraction of sp³-hybridized carbons (Fsp3) is 0.286. The van der Waals surface area contributed by atoms with Gasteiger partial charge in [0.15, 0.2) is 0 Å². The molecule has 0 spiro atoms. The van der Waals surface area contributed by atoms with Crippen LogP contribution in [0.1, 0.15) is 11.7 Å². The van der Waals surface area contributed by atoms with Gasteiger partial charge in [0.25, 0.3) is 15.9 Å². The van der Waals surface area contributed by atoms with Crippen LogP contribution in [-0.2, 0) is 14.8 Å². The molecule has 1 aromatic carbocycles. The molecule has 0 unspecified atom stereocenters. The summed E-state index contributed by atoms with van der Waals surface area (Å²) in [5.74, 6) is -0.152. The van der Waals surface area contributed by atoms with E-state index in [0.29, 0.717) is 20.9 Å². The van der Waals surface area contributed by atoms with Gasteiger partial charge in [-0.25, -0.2) is 17.8 Å². The highest BCUT2D eigenvalue weighted by Crippen LogP contribution is 2.17. The largest absolute Gasteiger partial charge is 0.497 e. The van der Waals surface area contributed by atoms with Gasteiger partial charge in [0.2, 0.25) is 0 Å². The smallest absolute Gasteiger partial charge is 0.349 e. The molecule has 1 heterocycles. The van der Waals surface area contributed by atoms with Crippen molar-refractivity contribution in [3.05, 3.63) is 47.1 Å². The maximum absolute atomic E-state index is 12.5. The first-order valence-electron chi connectivity index (χ1n) is 6.72. The minimum absolute atomic E-state index is 0.0876. The van der Waals surface area contributed by atoms with E-state index in [0.717, 1.165) is 12.4 Å². The molecular formula is C14H16N2O6S. The first kappa shape index (κ1) is 17.0. The van der Waals surface area contributed by atoms with E-state index in [-0.39, 0.29) is 11.5 Å². The van der Waals surface area contributed by atoms with Crippen molar-refractivity contribution in [2.24, 2.45) is 0 Å². The highest BCUT2D eigenvalue weighted by atomic mass is 32.2. The lowest BCUT2D eigenvalue weighted by molar-refractivity contribution is 0.0694. The zero-order valence-electron chi connectivity index (χ0n) is 12.6. The molecule has 0 saturated carbocycles. The second-order valence-electron chi connectivity index (χ2n) is 4.46. The molecule has 0 N–H and O–H groups in total. The van der Waals surface area contributed by atoms with Crippen LogP contribution in [0.2, 0.25) is 0 Å². The van der Waals surface area contributed by atoms with E-state index in [1.807, 2.05) is 0 Å². The summed E-state index contributed by atoms with van der Waals surface area (Å²) in [5.41, 5.74) is -0.967. The maximum Gasteiger partial charge on any atom is 0.349 e. The lowest BCUT2D eigenvalue weighted by Crippen LogP contribution is -2.33. The Morgan fingerprint density at radius 2 is 1.83 bits per heavy atom. The number of rotatable bonds is 6. The number of carbonyl (C=O) groups excluding carboxylic acids is 1. The van der Waals surface area contributed by atoms with Crippen molar-refractivity contribution in [2.75, 3.05) is 20.3 Å². The zero-order valence-corrected chi connectivity index (χ0v) is 13.4. The quantitative estimate of drug-likeness (QED) is 0.763. The van der Waals surface area contributed by atoms with E-state index in [9.17, 15) is 18.0 Å². The molecule has 0 bridgehead atoms. The molecule has 23 heavy (non-hydrogen) atoms. The van der Waals surface area contributed by atoms with Crippen LogP contribution in [0.15, 0.2) is 46.3 Å². The Labute approximate surface area is 132 Å². The van der Waals surface area contributed by atoms with E-state index in [4.69, 9.17) is 9.47 Å². The van der Waals surface area contributed by atoms with E-state index in [2.05, 4.69) is 0 Å². The van der Waals surface area contributed by atoms with Gasteiger partial charge >= 0.3 is 5.69 Å². The van der Waals surface area contributed by atoms with Gasteiger partial charge in [-0.1, -0.05) is 0 Å². The molecule has 0 fully saturated rings. The molecule has 0 aliphatic heterocycles. The zero-order chi connectivity index (χ0) is 17.0. The Balaban J connectivity index is 2.39. The number of nitrogens with zero attached hydrogens (tertiary/aromatic N) is 2. The Morgan fingerprint density at radius 3 is 2.39 bits per heavy atom. The molecule has 0 atom stereocenters. The molecule has 0 saturated heterocycles. The van der Waals surface area contributed by atoms with E-state index in [1.54, 1.807) is 6.92 Å². The number of methoxy groups -OCH3 is 1. The van der Waals surface area contributed by atoms with Gasteiger partial charge in [0.05, 0.1) is 12.0 Å². The average molecular weight is 340 g/mol. The summed E-state index contributed by atoms with van der Waals surface area (Å²) < 4.78 is 36.0. The van der Waals surface area contributed by atoms with Gasteiger partial charge in [0.1, 0.15) is 12.4 Å². The predicted octanol–water partition coefficient (Wildman–Crippen LogP) is 0.572. The third kappa shape index (κ3) is 3.35. The van der Waals surface area contributed by atoms with Crippen LogP contribution in [0.4, 0.5) is 0 Å². The standard InChI is InChI=1S/C14H16N2O6S/c1-3-22-10-13(17)15-8-9-16(14(15)18)23(19,20)12-6-4-11(21-2)5-7-12/h4-9H,3,10H2,1-2H3. The van der Waals surface area contributed by atoms with Crippen LogP contribution < -0.4 is 10.4 Å². The predicted molar refractivity (Wildman–Crippen MR) is 81.4 cm³/mol. The number of ether oxygens (including phenoxy) is 2. The Kier molecular flexibility index (Phi) is 5.02. The SMILES string of the molecule is CCOCC(=O)n1ccn(S(=O)(=O)c2ccc(OC)cc2)c1=O. The number of carbonyl (C=O) groups is 1. The minimum atomic E-state index is -4.09. The van der Waals surface area contributed by atoms with Crippen LogP contribution in [0.5, 0.6) is 5.75 Å². The van der Waals surface area contributed by atoms with Gasteiger partial charge in [-0.15, -0.1) is 0 Å². The van der Waals surface area contributed by atoms with Crippen LogP contribution in [0, 0.1) is 0 Å². The fourth-order valence-corrected chi connectivity index (χ4v) is 3.07. The second-order valence-corrected chi connectivity index (χ2v) is 6.27. The third-order valence-electron chi connectivity index (χ3n) is 3.06. The Hall–Kier alpha value is -2.39. The average Bonchev–Trinajstić information content (AvgIpc) is 2.95. The fourth-order valence-electron chi connectivity index (χ4n) is 1.85. The molecule has 1 aromatic heterocycles. The summed E-state index contributed by atoms with van der Waals surface area (Å²) in [4.78, 5) is 23.9. The summed E-state index contributed by atoms with van der Waals surface area (Å²) >= 11 is 0. The topological polar surface area (TPSA) is 96.6 Å². The van der Waals surface area contributed by atoms with E-state index in [1.165, 1.54) is 31.4 Å². The minimum Gasteiger partial charge on any atom is -0.497 e. The van der Waals surface area contributed by atoms with Crippen molar-refractivity contribution < 1.29 is 22.7 Å². The van der Waals surface area contributed by atoms with Gasteiger partial charge in [-0.2, -0.15) is 3.97 Å². The van der Waals surface area contributed by atoms with Crippen molar-refractivity contribution >= 4 is 15.9 Å². The van der Waals surface area contributed by atoms with Crippen molar-refractivity contribution in [1.82, 2.24) is 8.54 Å². The number of imidazole rings is 1. The second kappa shape index (κ2) is 6.80. The normalized spacial score (nSPS) is 11.4. The molecule has 0 aliphatic carbocycles. The molecule has 0 radical (unpaired) electrons. The number of hydrogen-bond acceptors (Lipinski definition) is 6. The highest BCUT2D eigenvalue weighted by molar-refractivity contribution is 7.90. The van der Waals surface area contributed by atoms with Crippen LogP contribution >= 0.6 is 0 Å². The summed E-state index contributed by atoms with van der Waals surface area (Å²) in [5, 5.41) is 0. The van der Waals surface area contributed by atoms with Gasteiger partial charge in [0, 0.05) is 19.0 Å². The van der Waals surface area contributed by atoms with Crippen LogP contribution in [-0.4, -0.2) is 43.2 Å². The number of benzene rings is 1. The molecular weight excluding hydrogens is 324 g/mol. The lowest BCUT2D eigenvalue weighted by atomic mass is 10.3. The molecule has 0 aliphatic rings. The van der Waals surface area contributed by atoms with Crippen molar-refractivity contribution in [1.29, 1.82) is 0 Å². The first-order chi connectivity index (χ1) is 10.9. The van der Waals surface area contributed by atoms with Crippen molar-refractivity contribution in [3.8, 4) is 5.75 Å². The van der Waals surface area contributed by atoms with Crippen LogP contribution in [0.25, 0.3) is 0 Å². The Morgan fingerprint density at radius 1 is 1.17 bits per heavy atom. The van der Waals surface area contributed by atoms with Crippen LogP contribution in [0.3, 0.4) is 0 Å². The summed E-state index contributed by atoms with van der Waals surface area (Å²) in [6.45, 7) is 1.71. The van der Waals surface area contributed by atoms with E-state index >= 15 is 0 Å². The molecule has 8 nitrogen and oxygen atoms in total. The first-order valence-corrected chi connectivity index (χ1v) is 8.16. The van der Waals surface area contributed by atoms with Gasteiger partial charge in [-0.05, 0) is 31.2 Å². The molecule has 2 rings (SSSR count). The van der Waals surface area contributed by atoms with Gasteiger partial charge in [-0.3, -0.25) is 4.79 Å². The van der Waals surface area contributed by atoms with Gasteiger partial charge < -0.3 is 9.47 Å². The number of aromatic nitrogens is 2. The number of hydrogen-bond donors (Lipinski definition) is 0. The summed E-state index contributed by atoms with van der Waals surface area (Å²) in [7, 11) is -2.64. The Bertz CT molecular complexity index is 848. The lowest BCUT2D eigenvalue weighted by Gasteiger charge is -2.05. The monoisotopic (exact) mass is 340 g/mol. The molecule has 0 amide bonds. The maximum atomic E-state index is 12.5. The third-order valence-corrected chi connectivity index (χ3v) is 4.72.